The average molecular weight is 264 g/mol. The zero-order valence-corrected chi connectivity index (χ0v) is 9.31. The summed E-state index contributed by atoms with van der Waals surface area (Å²) in [5.41, 5.74) is 0. The molecule has 9 nitrogen and oxygen atoms in total. The van der Waals surface area contributed by atoms with Crippen molar-refractivity contribution in [2.24, 2.45) is 5.92 Å². The van der Waals surface area contributed by atoms with Gasteiger partial charge in [-0.1, -0.05) is 6.92 Å². The van der Waals surface area contributed by atoms with Crippen LogP contribution in [-0.4, -0.2) is 52.1 Å². The van der Waals surface area contributed by atoms with Crippen LogP contribution in [0.5, 0.6) is 0 Å². The van der Waals surface area contributed by atoms with Crippen molar-refractivity contribution in [1.29, 1.82) is 0 Å². The monoisotopic (exact) mass is 264 g/mol. The van der Waals surface area contributed by atoms with E-state index in [1.165, 1.54) is 6.92 Å². The lowest BCUT2D eigenvalue weighted by Crippen LogP contribution is -2.34. The van der Waals surface area contributed by atoms with Crippen LogP contribution in [0.3, 0.4) is 0 Å². The molecule has 4 atom stereocenters. The quantitative estimate of drug-likeness (QED) is 0.506. The molecule has 1 rings (SSSR count). The molecule has 3 N–H and O–H groups in total. The van der Waals surface area contributed by atoms with Crippen LogP contribution in [0.4, 0.5) is 14.4 Å². The first kappa shape index (κ1) is 13.9. The highest BCUT2D eigenvalue weighted by atomic mass is 16.7. The number of rotatable bonds is 3. The Hall–Kier alpha value is -2.19. The minimum atomic E-state index is -1.60. The summed E-state index contributed by atoms with van der Waals surface area (Å²) in [6, 6.07) is 0. The lowest BCUT2D eigenvalue weighted by atomic mass is 10.1. The summed E-state index contributed by atoms with van der Waals surface area (Å²) in [7, 11) is 0. The predicted octanol–water partition coefficient (Wildman–Crippen LogP) is 1.22. The van der Waals surface area contributed by atoms with Gasteiger partial charge in [0.25, 0.3) is 0 Å². The first-order valence-electron chi connectivity index (χ1n) is 5.00. The van der Waals surface area contributed by atoms with Gasteiger partial charge in [-0.15, -0.1) is 0 Å². The fourth-order valence-corrected chi connectivity index (χ4v) is 1.96. The standard InChI is InChI=1S/C9H12O9/c1-3-4(16-7(10)11)2-5(17-8(12)13)6(3)18-9(14)15/h3-6H,2H2,1H3,(H,10,11)(H,12,13)(H,14,15). The summed E-state index contributed by atoms with van der Waals surface area (Å²) in [6.07, 6.45) is -7.87. The van der Waals surface area contributed by atoms with E-state index in [2.05, 4.69) is 14.2 Å². The maximum atomic E-state index is 10.5. The predicted molar refractivity (Wildman–Crippen MR) is 52.5 cm³/mol. The summed E-state index contributed by atoms with van der Waals surface area (Å²) in [4.78, 5) is 31.3. The molecule has 0 heterocycles. The highest BCUT2D eigenvalue weighted by Crippen LogP contribution is 2.33. The van der Waals surface area contributed by atoms with Crippen molar-refractivity contribution in [2.75, 3.05) is 0 Å². The number of carboxylic acid groups (broad SMARTS) is 3. The first-order chi connectivity index (χ1) is 8.31. The van der Waals surface area contributed by atoms with Crippen molar-refractivity contribution in [1.82, 2.24) is 0 Å². The molecule has 9 heteroatoms. The molecule has 0 aromatic carbocycles. The third-order valence-electron chi connectivity index (χ3n) is 2.68. The molecule has 0 aromatic heterocycles. The smallest absolute Gasteiger partial charge is 0.450 e. The molecule has 0 amide bonds. The van der Waals surface area contributed by atoms with Crippen molar-refractivity contribution >= 4 is 18.5 Å². The van der Waals surface area contributed by atoms with E-state index in [0.29, 0.717) is 0 Å². The maximum absolute atomic E-state index is 10.5. The molecule has 1 saturated carbocycles. The Balaban J connectivity index is 2.77. The largest absolute Gasteiger partial charge is 0.506 e. The van der Waals surface area contributed by atoms with Crippen LogP contribution in [0.25, 0.3) is 0 Å². The van der Waals surface area contributed by atoms with E-state index in [1.807, 2.05) is 0 Å². The second-order valence-corrected chi connectivity index (χ2v) is 3.79. The van der Waals surface area contributed by atoms with Gasteiger partial charge in [-0.3, -0.25) is 0 Å². The normalized spacial score (nSPS) is 30.5. The lowest BCUT2D eigenvalue weighted by Gasteiger charge is -2.20. The Morgan fingerprint density at radius 2 is 1.33 bits per heavy atom. The molecular weight excluding hydrogens is 252 g/mol. The van der Waals surface area contributed by atoms with E-state index in [-0.39, 0.29) is 6.42 Å². The third-order valence-corrected chi connectivity index (χ3v) is 2.68. The van der Waals surface area contributed by atoms with Crippen LogP contribution < -0.4 is 0 Å². The molecule has 0 aromatic rings. The van der Waals surface area contributed by atoms with Crippen LogP contribution in [0.15, 0.2) is 0 Å². The number of hydrogen-bond donors (Lipinski definition) is 3. The highest BCUT2D eigenvalue weighted by molar-refractivity contribution is 5.59. The SMILES string of the molecule is CC1C(OC(=O)O)CC(OC(=O)O)C1OC(=O)O. The van der Waals surface area contributed by atoms with Crippen LogP contribution in [0, 0.1) is 5.92 Å². The van der Waals surface area contributed by atoms with Crippen LogP contribution in [0.1, 0.15) is 13.3 Å². The zero-order chi connectivity index (χ0) is 13.9. The molecule has 102 valence electrons. The molecule has 1 fully saturated rings. The molecular formula is C9H12O9. The zero-order valence-electron chi connectivity index (χ0n) is 9.31. The van der Waals surface area contributed by atoms with E-state index < -0.39 is 42.7 Å². The lowest BCUT2D eigenvalue weighted by molar-refractivity contribution is -0.0395. The van der Waals surface area contributed by atoms with Crippen LogP contribution >= 0.6 is 0 Å². The maximum Gasteiger partial charge on any atom is 0.506 e. The van der Waals surface area contributed by atoms with E-state index in [1.54, 1.807) is 0 Å². The minimum absolute atomic E-state index is 0.0856. The Morgan fingerprint density at radius 3 is 1.78 bits per heavy atom. The van der Waals surface area contributed by atoms with E-state index >= 15 is 0 Å². The Bertz CT molecular complexity index is 352. The van der Waals surface area contributed by atoms with E-state index in [9.17, 15) is 14.4 Å². The van der Waals surface area contributed by atoms with Crippen LogP contribution in [-0.2, 0) is 14.2 Å². The van der Waals surface area contributed by atoms with Gasteiger partial charge in [-0.2, -0.15) is 0 Å². The minimum Gasteiger partial charge on any atom is -0.450 e. The van der Waals surface area contributed by atoms with Crippen molar-refractivity contribution in [3.63, 3.8) is 0 Å². The fourth-order valence-electron chi connectivity index (χ4n) is 1.96. The van der Waals surface area contributed by atoms with Gasteiger partial charge in [0.2, 0.25) is 0 Å². The van der Waals surface area contributed by atoms with Gasteiger partial charge < -0.3 is 29.5 Å². The number of carbonyl (C=O) groups is 3. The van der Waals surface area contributed by atoms with Gasteiger partial charge >= 0.3 is 18.5 Å². The van der Waals surface area contributed by atoms with Gasteiger partial charge in [0.15, 0.2) is 0 Å². The average Bonchev–Trinajstić information content (AvgIpc) is 2.44. The van der Waals surface area contributed by atoms with Gasteiger partial charge in [0, 0.05) is 12.3 Å². The van der Waals surface area contributed by atoms with Crippen molar-refractivity contribution in [3.8, 4) is 0 Å². The summed E-state index contributed by atoms with van der Waals surface area (Å²) >= 11 is 0. The van der Waals surface area contributed by atoms with E-state index in [4.69, 9.17) is 15.3 Å². The van der Waals surface area contributed by atoms with Crippen molar-refractivity contribution < 1.29 is 43.9 Å². The Morgan fingerprint density at radius 1 is 0.889 bits per heavy atom. The number of ether oxygens (including phenoxy) is 3. The second-order valence-electron chi connectivity index (χ2n) is 3.79. The molecule has 0 radical (unpaired) electrons. The summed E-state index contributed by atoms with van der Waals surface area (Å²) in [6.45, 7) is 1.49. The summed E-state index contributed by atoms with van der Waals surface area (Å²) < 4.78 is 13.5. The molecule has 4 unspecified atom stereocenters. The molecule has 1 aliphatic carbocycles. The number of hydrogen-bond acceptors (Lipinski definition) is 6. The first-order valence-corrected chi connectivity index (χ1v) is 5.00. The Kier molecular flexibility index (Phi) is 4.18. The molecule has 0 spiro atoms. The Labute approximate surface area is 101 Å². The molecule has 0 bridgehead atoms. The van der Waals surface area contributed by atoms with Gasteiger partial charge in [-0.05, 0) is 0 Å². The van der Waals surface area contributed by atoms with Crippen molar-refractivity contribution in [3.05, 3.63) is 0 Å². The topological polar surface area (TPSA) is 140 Å². The highest BCUT2D eigenvalue weighted by Gasteiger charge is 2.47. The van der Waals surface area contributed by atoms with Crippen LogP contribution in [0.2, 0.25) is 0 Å². The fraction of sp³-hybridized carbons (Fsp3) is 0.667. The van der Waals surface area contributed by atoms with Crippen molar-refractivity contribution in [2.45, 2.75) is 31.7 Å². The molecule has 18 heavy (non-hydrogen) atoms. The molecule has 0 saturated heterocycles. The summed E-state index contributed by atoms with van der Waals surface area (Å²) in [5, 5.41) is 25.5. The van der Waals surface area contributed by atoms with Gasteiger partial charge in [0.05, 0.1) is 0 Å². The second kappa shape index (κ2) is 5.43. The molecule has 1 aliphatic rings. The van der Waals surface area contributed by atoms with E-state index in [0.717, 1.165) is 0 Å². The molecule has 0 aliphatic heterocycles. The van der Waals surface area contributed by atoms with Gasteiger partial charge in [-0.25, -0.2) is 14.4 Å². The summed E-state index contributed by atoms with van der Waals surface area (Å²) in [5.74, 6) is -0.637. The van der Waals surface area contributed by atoms with Gasteiger partial charge in [0.1, 0.15) is 18.3 Å². The third kappa shape index (κ3) is 3.40.